The van der Waals surface area contributed by atoms with E-state index in [0.29, 0.717) is 34.0 Å². The van der Waals surface area contributed by atoms with Crippen molar-refractivity contribution >= 4 is 34.1 Å². The van der Waals surface area contributed by atoms with Gasteiger partial charge in [-0.05, 0) is 17.7 Å². The average Bonchev–Trinajstić information content (AvgIpc) is 3.02. The molecule has 0 N–H and O–H groups in total. The van der Waals surface area contributed by atoms with Gasteiger partial charge in [-0.3, -0.25) is 9.59 Å². The van der Waals surface area contributed by atoms with Gasteiger partial charge in [0.05, 0.1) is 16.1 Å². The molecule has 0 unspecified atom stereocenters. The Morgan fingerprint density at radius 2 is 1.48 bits per heavy atom. The lowest BCUT2D eigenvalue weighted by Gasteiger charge is -2.18. The summed E-state index contributed by atoms with van der Waals surface area (Å²) >= 11 is 6.28. The number of carbonyl (C=O) groups excluding carboxylic acids is 2. The molecule has 1 aromatic heterocycles. The van der Waals surface area contributed by atoms with Crippen molar-refractivity contribution in [1.82, 2.24) is 4.57 Å². The van der Waals surface area contributed by atoms with Crippen LogP contribution < -0.4 is 0 Å². The minimum Gasteiger partial charge on any atom is -0.333 e. The molecule has 3 nitrogen and oxygen atoms in total. The third-order valence-electron chi connectivity index (χ3n) is 5.08. The van der Waals surface area contributed by atoms with Gasteiger partial charge in [-0.25, -0.2) is 0 Å². The van der Waals surface area contributed by atoms with Crippen LogP contribution in [0.25, 0.3) is 10.9 Å². The lowest BCUT2D eigenvalue weighted by Crippen LogP contribution is -2.23. The van der Waals surface area contributed by atoms with Gasteiger partial charge < -0.3 is 4.57 Å². The number of nitrogens with zero attached hydrogens (tertiary/aromatic N) is 1. The summed E-state index contributed by atoms with van der Waals surface area (Å²) in [5, 5.41) is 1.10. The smallest absolute Gasteiger partial charge is 0.210 e. The van der Waals surface area contributed by atoms with Crippen LogP contribution in [0.1, 0.15) is 37.5 Å². The Bertz CT molecular complexity index is 1240. The number of aromatic nitrogens is 1. The van der Waals surface area contributed by atoms with Gasteiger partial charge >= 0.3 is 0 Å². The molecule has 4 heteroatoms. The van der Waals surface area contributed by atoms with E-state index in [0.717, 1.165) is 16.5 Å². The number of fused-ring (bicyclic) bond motifs is 4. The first-order valence-corrected chi connectivity index (χ1v) is 9.07. The summed E-state index contributed by atoms with van der Waals surface area (Å²) in [7, 11) is 0. The molecule has 0 atom stereocenters. The van der Waals surface area contributed by atoms with Crippen molar-refractivity contribution in [3.63, 3.8) is 0 Å². The predicted octanol–water partition coefficient (Wildman–Crippen LogP) is 5.12. The molecule has 0 radical (unpaired) electrons. The molecule has 1 heterocycles. The van der Waals surface area contributed by atoms with E-state index in [9.17, 15) is 9.59 Å². The normalized spacial score (nSPS) is 12.9. The first-order chi connectivity index (χ1) is 13.2. The molecule has 0 spiro atoms. The zero-order valence-corrected chi connectivity index (χ0v) is 15.0. The van der Waals surface area contributed by atoms with Crippen LogP contribution in [0.2, 0.25) is 5.02 Å². The van der Waals surface area contributed by atoms with Crippen molar-refractivity contribution in [2.24, 2.45) is 0 Å². The molecular formula is C23H14ClNO2. The second-order valence-electron chi connectivity index (χ2n) is 6.63. The molecule has 0 fully saturated rings. The Morgan fingerprint density at radius 1 is 0.741 bits per heavy atom. The van der Waals surface area contributed by atoms with Crippen LogP contribution in [0, 0.1) is 0 Å². The topological polar surface area (TPSA) is 39.1 Å². The summed E-state index contributed by atoms with van der Waals surface area (Å²) in [6.07, 6.45) is 0. The summed E-state index contributed by atoms with van der Waals surface area (Å²) in [6, 6.07) is 22.6. The summed E-state index contributed by atoms with van der Waals surface area (Å²) in [4.78, 5) is 26.7. The number of rotatable bonds is 2. The Hall–Kier alpha value is -3.17. The standard InChI is InChI=1S/C23H14ClNO2/c24-17-11-6-10-16-19(17)23(27)20-15-9-4-5-12-18(15)25(21(20)22(16)26)13-14-7-2-1-3-8-14/h1-12H,13H2. The van der Waals surface area contributed by atoms with Crippen molar-refractivity contribution in [2.45, 2.75) is 6.54 Å². The fourth-order valence-corrected chi connectivity index (χ4v) is 4.16. The molecule has 1 aliphatic carbocycles. The average molecular weight is 372 g/mol. The monoisotopic (exact) mass is 371 g/mol. The van der Waals surface area contributed by atoms with Gasteiger partial charge in [0.15, 0.2) is 5.78 Å². The lowest BCUT2D eigenvalue weighted by molar-refractivity contribution is 0.0975. The largest absolute Gasteiger partial charge is 0.333 e. The molecule has 4 aromatic rings. The molecular weight excluding hydrogens is 358 g/mol. The molecule has 0 saturated carbocycles. The van der Waals surface area contributed by atoms with E-state index in [2.05, 4.69) is 0 Å². The minimum atomic E-state index is -0.187. The highest BCUT2D eigenvalue weighted by atomic mass is 35.5. The van der Waals surface area contributed by atoms with Crippen LogP contribution in [-0.4, -0.2) is 16.1 Å². The van der Waals surface area contributed by atoms with E-state index >= 15 is 0 Å². The summed E-state index contributed by atoms with van der Waals surface area (Å²) in [6.45, 7) is 0.519. The van der Waals surface area contributed by atoms with Crippen LogP contribution in [-0.2, 0) is 6.54 Å². The van der Waals surface area contributed by atoms with E-state index in [4.69, 9.17) is 11.6 Å². The predicted molar refractivity (Wildman–Crippen MR) is 106 cm³/mol. The second kappa shape index (κ2) is 5.93. The highest BCUT2D eigenvalue weighted by Gasteiger charge is 2.36. The summed E-state index contributed by atoms with van der Waals surface area (Å²) < 4.78 is 1.95. The molecule has 5 rings (SSSR count). The van der Waals surface area contributed by atoms with E-state index in [1.54, 1.807) is 18.2 Å². The zero-order chi connectivity index (χ0) is 18.5. The van der Waals surface area contributed by atoms with Crippen molar-refractivity contribution in [3.05, 3.63) is 106 Å². The highest BCUT2D eigenvalue weighted by molar-refractivity contribution is 6.40. The van der Waals surface area contributed by atoms with Crippen LogP contribution in [0.5, 0.6) is 0 Å². The Labute approximate surface area is 160 Å². The zero-order valence-electron chi connectivity index (χ0n) is 14.3. The lowest BCUT2D eigenvalue weighted by atomic mass is 9.86. The third-order valence-corrected chi connectivity index (χ3v) is 5.40. The van der Waals surface area contributed by atoms with Crippen LogP contribution >= 0.6 is 11.6 Å². The van der Waals surface area contributed by atoms with Gasteiger partial charge in [-0.2, -0.15) is 0 Å². The second-order valence-corrected chi connectivity index (χ2v) is 7.04. The number of para-hydroxylation sites is 1. The molecule has 0 bridgehead atoms. The molecule has 3 aromatic carbocycles. The number of hydrogen-bond acceptors (Lipinski definition) is 2. The van der Waals surface area contributed by atoms with Crippen molar-refractivity contribution < 1.29 is 9.59 Å². The first kappa shape index (κ1) is 16.0. The van der Waals surface area contributed by atoms with Gasteiger partial charge in [-0.1, -0.05) is 72.3 Å². The summed E-state index contributed by atoms with van der Waals surface area (Å²) in [5.74, 6) is -0.345. The molecule has 130 valence electrons. The maximum Gasteiger partial charge on any atom is 0.210 e. The van der Waals surface area contributed by atoms with Gasteiger partial charge in [0, 0.05) is 23.0 Å². The van der Waals surface area contributed by atoms with Crippen LogP contribution in [0.4, 0.5) is 0 Å². The van der Waals surface area contributed by atoms with Gasteiger partial charge in [0.1, 0.15) is 5.69 Å². The van der Waals surface area contributed by atoms with E-state index in [-0.39, 0.29) is 11.6 Å². The Morgan fingerprint density at radius 3 is 2.30 bits per heavy atom. The fourth-order valence-electron chi connectivity index (χ4n) is 3.90. The van der Waals surface area contributed by atoms with E-state index in [1.165, 1.54) is 0 Å². The van der Waals surface area contributed by atoms with Gasteiger partial charge in [0.2, 0.25) is 5.78 Å². The maximum atomic E-state index is 13.4. The highest BCUT2D eigenvalue weighted by Crippen LogP contribution is 2.37. The fraction of sp³-hybridized carbons (Fsp3) is 0.0435. The SMILES string of the molecule is O=C1c2c(Cl)cccc2C(=O)c2c1c1ccccc1n2Cc1ccccc1. The minimum absolute atomic E-state index is 0.158. The molecule has 0 amide bonds. The molecule has 0 saturated heterocycles. The number of carbonyl (C=O) groups is 2. The number of ketones is 2. The first-order valence-electron chi connectivity index (χ1n) is 8.70. The molecule has 0 aliphatic heterocycles. The van der Waals surface area contributed by atoms with E-state index < -0.39 is 0 Å². The van der Waals surface area contributed by atoms with Crippen molar-refractivity contribution in [1.29, 1.82) is 0 Å². The van der Waals surface area contributed by atoms with Gasteiger partial charge in [-0.15, -0.1) is 0 Å². The Balaban J connectivity index is 1.83. The van der Waals surface area contributed by atoms with Crippen molar-refractivity contribution in [3.8, 4) is 0 Å². The third kappa shape index (κ3) is 2.29. The number of halogens is 1. The molecule has 27 heavy (non-hydrogen) atoms. The van der Waals surface area contributed by atoms with Crippen LogP contribution in [0.15, 0.2) is 72.8 Å². The molecule has 1 aliphatic rings. The maximum absolute atomic E-state index is 13.4. The van der Waals surface area contributed by atoms with Crippen LogP contribution in [0.3, 0.4) is 0 Å². The number of benzene rings is 3. The summed E-state index contributed by atoms with van der Waals surface area (Å²) in [5.41, 5.74) is 3.51. The Kier molecular flexibility index (Phi) is 3.52. The van der Waals surface area contributed by atoms with E-state index in [1.807, 2.05) is 59.2 Å². The van der Waals surface area contributed by atoms with Crippen molar-refractivity contribution in [2.75, 3.05) is 0 Å². The number of hydrogen-bond donors (Lipinski definition) is 0. The van der Waals surface area contributed by atoms with Gasteiger partial charge in [0.25, 0.3) is 0 Å². The quantitative estimate of drug-likeness (QED) is 0.432.